The second kappa shape index (κ2) is 16.0. The Morgan fingerprint density at radius 1 is 0.868 bits per heavy atom. The maximum absolute atomic E-state index is 12.5. The third-order valence-corrected chi connectivity index (χ3v) is 5.45. The van der Waals surface area contributed by atoms with E-state index in [1.165, 1.54) is 25.1 Å². The molecule has 0 radical (unpaired) electrons. The van der Waals surface area contributed by atoms with Gasteiger partial charge in [-0.2, -0.15) is 12.6 Å². The highest BCUT2D eigenvalue weighted by molar-refractivity contribution is 7.80. The van der Waals surface area contributed by atoms with Gasteiger partial charge in [0.05, 0.1) is 20.8 Å². The molecule has 0 unspecified atom stereocenters. The summed E-state index contributed by atoms with van der Waals surface area (Å²) in [6.45, 7) is 0.666. The quantitative estimate of drug-likeness (QED) is 0.0783. The van der Waals surface area contributed by atoms with Gasteiger partial charge in [-0.3, -0.25) is 19.2 Å². The second-order valence-electron chi connectivity index (χ2n) is 8.01. The molecule has 3 atom stereocenters. The third kappa shape index (κ3) is 10.9. The van der Waals surface area contributed by atoms with E-state index in [4.69, 9.17) is 0 Å². The lowest BCUT2D eigenvalue weighted by molar-refractivity contribution is -0.145. The fraction of sp³-hybridized carbons (Fsp3) is 0.478. The van der Waals surface area contributed by atoms with E-state index in [2.05, 4.69) is 43.4 Å². The molecule has 0 saturated carbocycles. The van der Waals surface area contributed by atoms with Gasteiger partial charge in [0.15, 0.2) is 11.5 Å². The Kier molecular flexibility index (Phi) is 13.4. The number of rotatable bonds is 14. The molecule has 1 rings (SSSR count). The van der Waals surface area contributed by atoms with Crippen molar-refractivity contribution in [2.24, 2.45) is 0 Å². The summed E-state index contributed by atoms with van der Waals surface area (Å²) in [5, 5.41) is 28.6. The Morgan fingerprint density at radius 2 is 1.47 bits per heavy atom. The van der Waals surface area contributed by atoms with E-state index >= 15 is 0 Å². The first kappa shape index (κ1) is 32.0. The van der Waals surface area contributed by atoms with Gasteiger partial charge in [0.25, 0.3) is 0 Å². The Hall–Kier alpha value is -4.01. The van der Waals surface area contributed by atoms with Crippen LogP contribution in [0.4, 0.5) is 0 Å². The van der Waals surface area contributed by atoms with Crippen LogP contribution in [-0.4, -0.2) is 90.4 Å². The average Bonchev–Trinajstić information content (AvgIpc) is 2.88. The zero-order chi connectivity index (χ0) is 28.8. The Balaban J connectivity index is 2.65. The molecule has 4 amide bonds. The van der Waals surface area contributed by atoms with Crippen LogP contribution in [0, 0.1) is 0 Å². The largest absolute Gasteiger partial charge is 0.504 e. The number of benzene rings is 1. The monoisotopic (exact) mass is 556 g/mol. The molecule has 6 N–H and O–H groups in total. The molecule has 0 bridgehead atoms. The van der Waals surface area contributed by atoms with Crippen LogP contribution < -0.4 is 21.3 Å². The van der Waals surface area contributed by atoms with E-state index in [9.17, 15) is 39.0 Å². The summed E-state index contributed by atoms with van der Waals surface area (Å²) >= 11 is 4.04. The first-order chi connectivity index (χ1) is 17.9. The van der Waals surface area contributed by atoms with E-state index < -0.39 is 66.0 Å². The van der Waals surface area contributed by atoms with E-state index in [-0.39, 0.29) is 30.8 Å². The van der Waals surface area contributed by atoms with Crippen molar-refractivity contribution in [2.75, 3.05) is 26.5 Å². The van der Waals surface area contributed by atoms with Gasteiger partial charge >= 0.3 is 11.9 Å². The van der Waals surface area contributed by atoms with Gasteiger partial charge in [0.1, 0.15) is 18.1 Å². The first-order valence-electron chi connectivity index (χ1n) is 11.3. The van der Waals surface area contributed by atoms with Crippen molar-refractivity contribution < 1.29 is 48.5 Å². The molecule has 0 aliphatic rings. The highest BCUT2D eigenvalue weighted by Gasteiger charge is 2.25. The van der Waals surface area contributed by atoms with Gasteiger partial charge in [-0.25, -0.2) is 9.59 Å². The molecule has 38 heavy (non-hydrogen) atoms. The van der Waals surface area contributed by atoms with Crippen LogP contribution in [0.15, 0.2) is 18.2 Å². The lowest BCUT2D eigenvalue weighted by Crippen LogP contribution is -2.52. The van der Waals surface area contributed by atoms with Crippen LogP contribution in [0.1, 0.15) is 25.3 Å². The Bertz CT molecular complexity index is 1040. The van der Waals surface area contributed by atoms with Gasteiger partial charge in [-0.15, -0.1) is 0 Å². The lowest BCUT2D eigenvalue weighted by Gasteiger charge is -2.19. The number of hydrogen-bond acceptors (Lipinski definition) is 11. The lowest BCUT2D eigenvalue weighted by atomic mass is 10.1. The number of thiol groups is 1. The SMILES string of the molecule is COC(=O)[C@H](CCC(=O)N[C@@H](CS)C(=O)NCC(=O)N[C@H](Cc1ccc(O)c(O)c1)C(=O)OC)NC(C)=O. The summed E-state index contributed by atoms with van der Waals surface area (Å²) in [5.74, 6) is -4.92. The first-order valence-corrected chi connectivity index (χ1v) is 12.0. The summed E-state index contributed by atoms with van der Waals surface area (Å²) in [4.78, 5) is 72.2. The van der Waals surface area contributed by atoms with Crippen molar-refractivity contribution in [1.29, 1.82) is 0 Å². The molecule has 1 aromatic rings. The van der Waals surface area contributed by atoms with Crippen LogP contribution in [0.25, 0.3) is 0 Å². The Morgan fingerprint density at radius 3 is 2.03 bits per heavy atom. The van der Waals surface area contributed by atoms with E-state index in [1.54, 1.807) is 0 Å². The van der Waals surface area contributed by atoms with Crippen molar-refractivity contribution in [1.82, 2.24) is 21.3 Å². The number of carbonyl (C=O) groups is 6. The molecular formula is C23H32N4O10S. The smallest absolute Gasteiger partial charge is 0.328 e. The van der Waals surface area contributed by atoms with Crippen molar-refractivity contribution in [3.8, 4) is 11.5 Å². The maximum Gasteiger partial charge on any atom is 0.328 e. The number of aromatic hydroxyl groups is 2. The molecule has 0 aliphatic heterocycles. The molecule has 0 aliphatic carbocycles. The number of carbonyl (C=O) groups excluding carboxylic acids is 6. The van der Waals surface area contributed by atoms with Crippen molar-refractivity contribution in [3.63, 3.8) is 0 Å². The molecule has 0 aromatic heterocycles. The third-order valence-electron chi connectivity index (χ3n) is 5.08. The number of phenols is 2. The molecule has 0 heterocycles. The molecule has 15 heteroatoms. The zero-order valence-electron chi connectivity index (χ0n) is 21.1. The van der Waals surface area contributed by atoms with Gasteiger partial charge in [0.2, 0.25) is 23.6 Å². The van der Waals surface area contributed by atoms with E-state index in [1.807, 2.05) is 0 Å². The minimum atomic E-state index is -1.15. The number of esters is 2. The van der Waals surface area contributed by atoms with Crippen LogP contribution in [0.2, 0.25) is 0 Å². The highest BCUT2D eigenvalue weighted by Crippen LogP contribution is 2.25. The van der Waals surface area contributed by atoms with E-state index in [0.29, 0.717) is 5.56 Å². The van der Waals surface area contributed by atoms with Crippen LogP contribution in [0.5, 0.6) is 11.5 Å². The molecule has 0 fully saturated rings. The average molecular weight is 557 g/mol. The number of phenolic OH excluding ortho intramolecular Hbond substituents is 2. The topological polar surface area (TPSA) is 209 Å². The van der Waals surface area contributed by atoms with Crippen molar-refractivity contribution in [2.45, 2.75) is 44.3 Å². The normalized spacial score (nSPS) is 12.7. The van der Waals surface area contributed by atoms with Gasteiger partial charge in [-0.05, 0) is 24.1 Å². The molecule has 1 aromatic carbocycles. The summed E-state index contributed by atoms with van der Waals surface area (Å²) in [5.41, 5.74) is 0.422. The van der Waals surface area contributed by atoms with Gasteiger partial charge < -0.3 is 41.0 Å². The minimum absolute atomic E-state index is 0.0689. The number of nitrogens with one attached hydrogen (secondary N) is 4. The summed E-state index contributed by atoms with van der Waals surface area (Å²) in [6, 6.07) is 0.587. The molecule has 0 spiro atoms. The summed E-state index contributed by atoms with van der Waals surface area (Å²) < 4.78 is 9.27. The minimum Gasteiger partial charge on any atom is -0.504 e. The van der Waals surface area contributed by atoms with Crippen molar-refractivity contribution in [3.05, 3.63) is 23.8 Å². The Labute approximate surface area is 224 Å². The van der Waals surface area contributed by atoms with Crippen LogP contribution >= 0.6 is 12.6 Å². The fourth-order valence-electron chi connectivity index (χ4n) is 3.18. The second-order valence-corrected chi connectivity index (χ2v) is 8.37. The predicted molar refractivity (Wildman–Crippen MR) is 135 cm³/mol. The van der Waals surface area contributed by atoms with Crippen LogP contribution in [0.3, 0.4) is 0 Å². The zero-order valence-corrected chi connectivity index (χ0v) is 22.0. The number of hydrogen-bond donors (Lipinski definition) is 7. The molecule has 210 valence electrons. The standard InChI is InChI=1S/C23H32N4O10S/c1-12(28)25-14(22(34)36-2)5-7-19(31)27-16(11-38)21(33)24-10-20(32)26-15(23(35)37-3)8-13-4-6-17(29)18(30)9-13/h4,6,9,14-16,29-30,38H,5,7-8,10-11H2,1-3H3,(H,24,33)(H,25,28)(H,26,32)(H,27,31)/t14-,15+,16-/m0/s1. The highest BCUT2D eigenvalue weighted by atomic mass is 32.1. The number of ether oxygens (including phenoxy) is 2. The molecule has 0 saturated heterocycles. The summed E-state index contributed by atoms with van der Waals surface area (Å²) in [7, 11) is 2.27. The molecular weight excluding hydrogens is 524 g/mol. The maximum atomic E-state index is 12.5. The van der Waals surface area contributed by atoms with Crippen LogP contribution in [-0.2, 0) is 44.7 Å². The number of amides is 4. The number of methoxy groups -OCH3 is 2. The fourth-order valence-corrected chi connectivity index (χ4v) is 3.43. The molecule has 14 nitrogen and oxygen atoms in total. The van der Waals surface area contributed by atoms with Crippen molar-refractivity contribution >= 4 is 48.2 Å². The van der Waals surface area contributed by atoms with E-state index in [0.717, 1.165) is 14.2 Å². The van der Waals surface area contributed by atoms with Gasteiger partial charge in [0, 0.05) is 25.5 Å². The van der Waals surface area contributed by atoms with Gasteiger partial charge in [-0.1, -0.05) is 6.07 Å². The predicted octanol–water partition coefficient (Wildman–Crippen LogP) is -1.71. The summed E-state index contributed by atoms with van der Waals surface area (Å²) in [6.07, 6.45) is -0.360.